The number of aryl methyl sites for hydroxylation is 2. The van der Waals surface area contributed by atoms with E-state index in [-0.39, 0.29) is 5.43 Å². The minimum absolute atomic E-state index is 0.00619. The Morgan fingerprint density at radius 3 is 2.61 bits per heavy atom. The molecule has 1 N–H and O–H groups in total. The van der Waals surface area contributed by atoms with Gasteiger partial charge in [0.1, 0.15) is 5.65 Å². The van der Waals surface area contributed by atoms with Gasteiger partial charge in [-0.3, -0.25) is 4.79 Å². The zero-order valence-electron chi connectivity index (χ0n) is 13.1. The number of hydrogen-bond acceptors (Lipinski definition) is 2. The van der Waals surface area contributed by atoms with Crippen LogP contribution in [0, 0.1) is 13.8 Å². The first-order chi connectivity index (χ1) is 11.1. The molecule has 0 unspecified atom stereocenters. The van der Waals surface area contributed by atoms with E-state index >= 15 is 0 Å². The highest BCUT2D eigenvalue weighted by atomic mass is 16.1. The van der Waals surface area contributed by atoms with E-state index in [1.54, 1.807) is 6.07 Å². The molecule has 2 aromatic carbocycles. The topological polar surface area (TPSA) is 45.8 Å². The van der Waals surface area contributed by atoms with E-state index in [4.69, 9.17) is 0 Å². The lowest BCUT2D eigenvalue weighted by Gasteiger charge is -2.09. The van der Waals surface area contributed by atoms with Gasteiger partial charge in [0.15, 0.2) is 5.43 Å². The summed E-state index contributed by atoms with van der Waals surface area (Å²) < 4.78 is 0. The van der Waals surface area contributed by atoms with Crippen LogP contribution < -0.4 is 5.43 Å². The molecule has 4 aromatic rings. The summed E-state index contributed by atoms with van der Waals surface area (Å²) in [7, 11) is 0. The standard InChI is InChI=1S/C20H16N2O/c1-12-10-13(2)21-20-19(12)18(23)11-17(22-20)16-9-5-7-14-6-3-4-8-15(14)16/h3-11H,1-2H3,(H,21,22,23). The molecule has 0 aliphatic heterocycles. The number of rotatable bonds is 1. The van der Waals surface area contributed by atoms with Gasteiger partial charge >= 0.3 is 0 Å². The molecule has 2 heterocycles. The average molecular weight is 300 g/mol. The number of fused-ring (bicyclic) bond motifs is 2. The zero-order valence-corrected chi connectivity index (χ0v) is 13.1. The summed E-state index contributed by atoms with van der Waals surface area (Å²) in [5, 5.41) is 2.94. The van der Waals surface area contributed by atoms with Crippen LogP contribution in [0.25, 0.3) is 33.1 Å². The van der Waals surface area contributed by atoms with Crippen molar-refractivity contribution in [1.29, 1.82) is 0 Å². The third-order valence-electron chi connectivity index (χ3n) is 4.20. The van der Waals surface area contributed by atoms with Crippen molar-refractivity contribution in [2.24, 2.45) is 0 Å². The molecular weight excluding hydrogens is 284 g/mol. The third-order valence-corrected chi connectivity index (χ3v) is 4.20. The molecule has 112 valence electrons. The van der Waals surface area contributed by atoms with Crippen molar-refractivity contribution in [3.8, 4) is 11.3 Å². The molecule has 23 heavy (non-hydrogen) atoms. The van der Waals surface area contributed by atoms with Gasteiger partial charge in [-0.05, 0) is 36.2 Å². The Labute approximate surface area is 133 Å². The van der Waals surface area contributed by atoms with Crippen LogP contribution in [-0.2, 0) is 0 Å². The van der Waals surface area contributed by atoms with Gasteiger partial charge in [0, 0.05) is 17.3 Å². The first kappa shape index (κ1) is 13.7. The molecule has 3 heteroatoms. The highest BCUT2D eigenvalue weighted by molar-refractivity contribution is 5.96. The second kappa shape index (κ2) is 5.06. The molecule has 0 radical (unpaired) electrons. The SMILES string of the molecule is Cc1cc(C)c2c(=O)cc(-c3cccc4ccccc34)[nH]c2n1. The van der Waals surface area contributed by atoms with Crippen molar-refractivity contribution in [2.75, 3.05) is 0 Å². The van der Waals surface area contributed by atoms with Crippen LogP contribution in [0.15, 0.2) is 59.4 Å². The molecule has 0 aliphatic carbocycles. The summed E-state index contributed by atoms with van der Waals surface area (Å²) in [5.41, 5.74) is 4.34. The molecule has 2 aromatic heterocycles. The van der Waals surface area contributed by atoms with Crippen LogP contribution in [0.2, 0.25) is 0 Å². The van der Waals surface area contributed by atoms with Gasteiger partial charge in [0.2, 0.25) is 0 Å². The van der Waals surface area contributed by atoms with E-state index < -0.39 is 0 Å². The molecule has 0 atom stereocenters. The van der Waals surface area contributed by atoms with E-state index in [2.05, 4.69) is 28.2 Å². The monoisotopic (exact) mass is 300 g/mol. The molecule has 4 rings (SSSR count). The fourth-order valence-electron chi connectivity index (χ4n) is 3.21. The van der Waals surface area contributed by atoms with E-state index in [9.17, 15) is 4.79 Å². The van der Waals surface area contributed by atoms with Gasteiger partial charge in [-0.2, -0.15) is 0 Å². The minimum atomic E-state index is 0.00619. The number of nitrogens with zero attached hydrogens (tertiary/aromatic N) is 1. The van der Waals surface area contributed by atoms with Gasteiger partial charge in [-0.15, -0.1) is 0 Å². The van der Waals surface area contributed by atoms with Crippen LogP contribution in [0.3, 0.4) is 0 Å². The number of aromatic nitrogens is 2. The first-order valence-electron chi connectivity index (χ1n) is 7.63. The van der Waals surface area contributed by atoms with Crippen LogP contribution in [0.4, 0.5) is 0 Å². The molecule has 0 saturated heterocycles. The summed E-state index contributed by atoms with van der Waals surface area (Å²) in [6.07, 6.45) is 0. The van der Waals surface area contributed by atoms with Crippen LogP contribution in [0.1, 0.15) is 11.3 Å². The highest BCUT2D eigenvalue weighted by Crippen LogP contribution is 2.27. The Balaban J connectivity index is 2.08. The van der Waals surface area contributed by atoms with Crippen molar-refractivity contribution < 1.29 is 0 Å². The summed E-state index contributed by atoms with van der Waals surface area (Å²) >= 11 is 0. The molecule has 0 fully saturated rings. The predicted octanol–water partition coefficient (Wildman–Crippen LogP) is 4.36. The largest absolute Gasteiger partial charge is 0.339 e. The maximum atomic E-state index is 12.6. The van der Waals surface area contributed by atoms with Crippen LogP contribution >= 0.6 is 0 Å². The van der Waals surface area contributed by atoms with E-state index in [0.29, 0.717) is 11.0 Å². The third kappa shape index (κ3) is 2.21. The number of nitrogens with one attached hydrogen (secondary N) is 1. The smallest absolute Gasteiger partial charge is 0.191 e. The lowest BCUT2D eigenvalue weighted by molar-refractivity contribution is 1.18. The lowest BCUT2D eigenvalue weighted by Crippen LogP contribution is -2.07. The van der Waals surface area contributed by atoms with Crippen LogP contribution in [0.5, 0.6) is 0 Å². The number of pyridine rings is 2. The fraction of sp³-hybridized carbons (Fsp3) is 0.100. The maximum Gasteiger partial charge on any atom is 0.191 e. The predicted molar refractivity (Wildman–Crippen MR) is 94.8 cm³/mol. The van der Waals surface area contributed by atoms with Gasteiger partial charge in [-0.25, -0.2) is 4.98 Å². The van der Waals surface area contributed by atoms with Gasteiger partial charge in [-0.1, -0.05) is 42.5 Å². The summed E-state index contributed by atoms with van der Waals surface area (Å²) in [4.78, 5) is 20.4. The van der Waals surface area contributed by atoms with Crippen molar-refractivity contribution in [3.63, 3.8) is 0 Å². The molecule has 0 bridgehead atoms. The van der Waals surface area contributed by atoms with E-state index in [0.717, 1.165) is 33.3 Å². The van der Waals surface area contributed by atoms with Crippen molar-refractivity contribution in [2.45, 2.75) is 13.8 Å². The number of H-pyrrole nitrogens is 1. The quantitative estimate of drug-likeness (QED) is 0.567. The molecule has 0 spiro atoms. The minimum Gasteiger partial charge on any atom is -0.339 e. The van der Waals surface area contributed by atoms with Gasteiger partial charge < -0.3 is 4.98 Å². The van der Waals surface area contributed by atoms with E-state index in [1.807, 2.05) is 44.2 Å². The Bertz CT molecular complexity index is 1100. The fourth-order valence-corrected chi connectivity index (χ4v) is 3.21. The Kier molecular flexibility index (Phi) is 3.01. The summed E-state index contributed by atoms with van der Waals surface area (Å²) in [6.45, 7) is 3.89. The summed E-state index contributed by atoms with van der Waals surface area (Å²) in [5.74, 6) is 0. The van der Waals surface area contributed by atoms with Gasteiger partial charge in [0.05, 0.1) is 11.1 Å². The normalized spacial score (nSPS) is 11.2. The molecule has 3 nitrogen and oxygen atoms in total. The second-order valence-electron chi connectivity index (χ2n) is 5.88. The number of aromatic amines is 1. The van der Waals surface area contributed by atoms with Crippen molar-refractivity contribution in [1.82, 2.24) is 9.97 Å². The molecular formula is C20H16N2O. The first-order valence-corrected chi connectivity index (χ1v) is 7.63. The number of benzene rings is 2. The van der Waals surface area contributed by atoms with Crippen LogP contribution in [-0.4, -0.2) is 9.97 Å². The Morgan fingerprint density at radius 2 is 1.74 bits per heavy atom. The molecule has 0 amide bonds. The van der Waals surface area contributed by atoms with Crippen molar-refractivity contribution in [3.05, 3.63) is 76.1 Å². The molecule has 0 aliphatic rings. The van der Waals surface area contributed by atoms with Crippen molar-refractivity contribution >= 4 is 21.8 Å². The highest BCUT2D eigenvalue weighted by Gasteiger charge is 2.10. The number of hydrogen-bond donors (Lipinski definition) is 1. The average Bonchev–Trinajstić information content (AvgIpc) is 2.53. The lowest BCUT2D eigenvalue weighted by atomic mass is 10.0. The van der Waals surface area contributed by atoms with E-state index in [1.165, 1.54) is 0 Å². The molecule has 0 saturated carbocycles. The second-order valence-corrected chi connectivity index (χ2v) is 5.88. The Hall–Kier alpha value is -2.94. The maximum absolute atomic E-state index is 12.6. The van der Waals surface area contributed by atoms with Gasteiger partial charge in [0.25, 0.3) is 0 Å². The summed E-state index contributed by atoms with van der Waals surface area (Å²) in [6, 6.07) is 17.9. The zero-order chi connectivity index (χ0) is 16.0. The Morgan fingerprint density at radius 1 is 0.957 bits per heavy atom.